The highest BCUT2D eigenvalue weighted by Crippen LogP contribution is 2.35. The maximum atomic E-state index is 14.4. The number of nitrogen functional groups attached to an aromatic ring is 1. The zero-order valence-corrected chi connectivity index (χ0v) is 31.6. The summed E-state index contributed by atoms with van der Waals surface area (Å²) in [6.07, 6.45) is 6.91. The van der Waals surface area contributed by atoms with Gasteiger partial charge < -0.3 is 30.2 Å². The average molecular weight is 774 g/mol. The van der Waals surface area contributed by atoms with Crippen molar-refractivity contribution < 1.29 is 23.5 Å². The van der Waals surface area contributed by atoms with E-state index in [2.05, 4.69) is 46.1 Å². The molecular weight excluding hydrogens is 730 g/mol. The molecule has 4 aliphatic rings. The molecule has 9 rings (SSSR count). The lowest BCUT2D eigenvalue weighted by Gasteiger charge is -2.45. The van der Waals surface area contributed by atoms with Crippen LogP contribution in [0.25, 0.3) is 16.9 Å². The van der Waals surface area contributed by atoms with E-state index in [-0.39, 0.29) is 29.9 Å². The first-order valence-corrected chi connectivity index (χ1v) is 19.4. The number of H-pyrrole nitrogens is 1. The molecule has 2 atom stereocenters. The number of rotatable bonds is 11. The second kappa shape index (κ2) is 15.1. The van der Waals surface area contributed by atoms with E-state index < -0.39 is 18.1 Å². The van der Waals surface area contributed by atoms with Gasteiger partial charge in [0.15, 0.2) is 11.6 Å². The molecule has 0 bridgehead atoms. The summed E-state index contributed by atoms with van der Waals surface area (Å²) in [5.74, 6) is -0.0247. The van der Waals surface area contributed by atoms with Gasteiger partial charge in [0.2, 0.25) is 11.8 Å². The molecule has 294 valence electrons. The van der Waals surface area contributed by atoms with Gasteiger partial charge in [-0.1, -0.05) is 0 Å². The molecule has 57 heavy (non-hydrogen) atoms. The molecule has 4 N–H and O–H groups in total. The van der Waals surface area contributed by atoms with Crippen molar-refractivity contribution in [3.63, 3.8) is 0 Å². The number of amides is 3. The van der Waals surface area contributed by atoms with Gasteiger partial charge in [-0.3, -0.25) is 24.6 Å². The molecule has 2 aromatic carbocycles. The van der Waals surface area contributed by atoms with E-state index in [1.54, 1.807) is 46.6 Å². The van der Waals surface area contributed by atoms with E-state index in [0.29, 0.717) is 48.0 Å². The second-order valence-corrected chi connectivity index (χ2v) is 15.3. The minimum Gasteiger partial charge on any atom is -0.482 e. The lowest BCUT2D eigenvalue weighted by Crippen LogP contribution is -2.54. The predicted octanol–water partition coefficient (Wildman–Crippen LogP) is 3.53. The number of imide groups is 1. The Hall–Kier alpha value is -6.13. The summed E-state index contributed by atoms with van der Waals surface area (Å²) in [7, 11) is 0. The summed E-state index contributed by atoms with van der Waals surface area (Å²) < 4.78 is 22.3. The zero-order chi connectivity index (χ0) is 39.2. The number of anilines is 2. The summed E-state index contributed by atoms with van der Waals surface area (Å²) in [4.78, 5) is 58.5. The Morgan fingerprint density at radius 3 is 2.63 bits per heavy atom. The quantitative estimate of drug-likeness (QED) is 0.168. The third-order valence-electron chi connectivity index (χ3n) is 11.5. The first-order valence-electron chi connectivity index (χ1n) is 19.4. The van der Waals surface area contributed by atoms with Crippen molar-refractivity contribution in [2.45, 2.75) is 45.0 Å². The fraction of sp³-hybridized carbons (Fsp3) is 0.366. The normalized spacial score (nSPS) is 19.8. The van der Waals surface area contributed by atoms with Crippen LogP contribution in [0.2, 0.25) is 0 Å². The number of aromatic nitrogens is 5. The van der Waals surface area contributed by atoms with Crippen molar-refractivity contribution in [1.29, 1.82) is 0 Å². The van der Waals surface area contributed by atoms with E-state index in [9.17, 15) is 18.8 Å². The average Bonchev–Trinajstić information content (AvgIpc) is 3.96. The Bertz CT molecular complexity index is 2320. The Balaban J connectivity index is 0.769. The number of carbonyl (C=O) groups is 3. The Morgan fingerprint density at radius 2 is 1.84 bits per heavy atom. The highest BCUT2D eigenvalue weighted by Gasteiger charge is 2.40. The van der Waals surface area contributed by atoms with Gasteiger partial charge in [-0.25, -0.2) is 19.0 Å². The van der Waals surface area contributed by atoms with E-state index in [4.69, 9.17) is 10.5 Å². The fourth-order valence-electron chi connectivity index (χ4n) is 8.47. The third-order valence-corrected chi connectivity index (χ3v) is 11.5. The van der Waals surface area contributed by atoms with E-state index >= 15 is 0 Å². The van der Waals surface area contributed by atoms with Crippen molar-refractivity contribution in [1.82, 2.24) is 44.7 Å². The maximum absolute atomic E-state index is 14.4. The van der Waals surface area contributed by atoms with Gasteiger partial charge in [0.1, 0.15) is 18.0 Å². The summed E-state index contributed by atoms with van der Waals surface area (Å²) in [5.41, 5.74) is 12.8. The minimum atomic E-state index is -0.608. The van der Waals surface area contributed by atoms with Gasteiger partial charge in [-0.15, -0.1) is 0 Å². The number of fused-ring (bicyclic) bond motifs is 1. The predicted molar refractivity (Wildman–Crippen MR) is 209 cm³/mol. The van der Waals surface area contributed by atoms with Crippen LogP contribution in [0.4, 0.5) is 15.9 Å². The number of benzene rings is 2. The number of hydrogen-bond acceptors (Lipinski definition) is 11. The molecule has 3 fully saturated rings. The molecule has 0 aliphatic carbocycles. The number of nitrogens with two attached hydrogens (primary N) is 1. The highest BCUT2D eigenvalue weighted by molar-refractivity contribution is 6.05. The number of ether oxygens (including phenoxy) is 1. The fourth-order valence-corrected chi connectivity index (χ4v) is 8.47. The number of carbonyl (C=O) groups excluding carboxylic acids is 3. The standard InChI is InChI=1S/C41H44FN11O4/c1-25(32-17-29(42)3-6-34(32)53-10-2-9-47-53)57-36-16-27(18-44-39(36)43)38-33(45-24-46-38)23-50-13-11-49(12-14-50)19-26-20-51(21-26)30-4-5-31-28(15-30)22-52(41(31)56)35-7-8-37(54)48-40(35)55/h2-6,9-10,15-18,24-26,35H,7-8,11-14,19-23H2,1H3,(H2,43,44)(H,45,46)(H,48,54,55)/t25-,35?/m1/s1. The van der Waals surface area contributed by atoms with Crippen LogP contribution in [0.1, 0.15) is 53.0 Å². The van der Waals surface area contributed by atoms with Crippen LogP contribution < -0.4 is 20.7 Å². The van der Waals surface area contributed by atoms with Crippen molar-refractivity contribution in [2.75, 3.05) is 56.4 Å². The summed E-state index contributed by atoms with van der Waals surface area (Å²) in [6.45, 7) is 9.66. The van der Waals surface area contributed by atoms with Gasteiger partial charge in [0.05, 0.1) is 23.4 Å². The Morgan fingerprint density at radius 1 is 1.02 bits per heavy atom. The van der Waals surface area contributed by atoms with Crippen LogP contribution >= 0.6 is 0 Å². The molecule has 3 aromatic heterocycles. The van der Waals surface area contributed by atoms with Crippen LogP contribution in [0.5, 0.6) is 5.75 Å². The van der Waals surface area contributed by atoms with E-state index in [1.165, 1.54) is 12.1 Å². The van der Waals surface area contributed by atoms with Gasteiger partial charge in [0, 0.05) is 112 Å². The summed E-state index contributed by atoms with van der Waals surface area (Å²) in [6, 6.07) is 13.5. The van der Waals surface area contributed by atoms with Crippen molar-refractivity contribution in [2.24, 2.45) is 5.92 Å². The number of imidazole rings is 1. The lowest BCUT2D eigenvalue weighted by atomic mass is 9.97. The molecule has 7 heterocycles. The number of nitrogens with one attached hydrogen (secondary N) is 2. The SMILES string of the molecule is C[C@@H](Oc1cc(-c2nc[nH]c2CN2CCN(CC3CN(c4ccc5c(c4)CN(C4CCC(=O)NC4=O)C5=O)C3)CC2)cnc1N)c1cc(F)ccc1-n1cccn1. The smallest absolute Gasteiger partial charge is 0.255 e. The lowest BCUT2D eigenvalue weighted by molar-refractivity contribution is -0.136. The molecular formula is C41H44FN11O4. The van der Waals surface area contributed by atoms with E-state index in [0.717, 1.165) is 74.0 Å². The van der Waals surface area contributed by atoms with Crippen molar-refractivity contribution >= 4 is 29.2 Å². The summed E-state index contributed by atoms with van der Waals surface area (Å²) >= 11 is 0. The van der Waals surface area contributed by atoms with Gasteiger partial charge in [-0.2, -0.15) is 5.10 Å². The van der Waals surface area contributed by atoms with Crippen LogP contribution in [0, 0.1) is 11.7 Å². The minimum absolute atomic E-state index is 0.147. The molecule has 3 amide bonds. The zero-order valence-electron chi connectivity index (χ0n) is 31.6. The van der Waals surface area contributed by atoms with Crippen molar-refractivity contribution in [3.8, 4) is 22.7 Å². The largest absolute Gasteiger partial charge is 0.482 e. The maximum Gasteiger partial charge on any atom is 0.255 e. The van der Waals surface area contributed by atoms with Crippen LogP contribution in [0.15, 0.2) is 73.4 Å². The third kappa shape index (κ3) is 7.33. The topological polar surface area (TPSA) is 171 Å². The molecule has 1 unspecified atom stereocenters. The second-order valence-electron chi connectivity index (χ2n) is 15.3. The highest BCUT2D eigenvalue weighted by atomic mass is 19.1. The van der Waals surface area contributed by atoms with Gasteiger partial charge in [0.25, 0.3) is 5.91 Å². The number of aromatic amines is 1. The number of pyridine rings is 1. The van der Waals surface area contributed by atoms with Gasteiger partial charge in [-0.05, 0) is 67.4 Å². The molecule has 5 aromatic rings. The molecule has 0 saturated carbocycles. The molecule has 15 nitrogen and oxygen atoms in total. The van der Waals surface area contributed by atoms with E-state index in [1.807, 2.05) is 25.1 Å². The number of piperazine rings is 1. The summed E-state index contributed by atoms with van der Waals surface area (Å²) in [5, 5.41) is 6.68. The first-order chi connectivity index (χ1) is 27.7. The van der Waals surface area contributed by atoms with Crippen molar-refractivity contribution in [3.05, 3.63) is 102 Å². The Labute approximate surface area is 328 Å². The molecule has 3 saturated heterocycles. The first kappa shape index (κ1) is 36.5. The van der Waals surface area contributed by atoms with Crippen LogP contribution in [-0.2, 0) is 22.7 Å². The molecule has 0 radical (unpaired) electrons. The van der Waals surface area contributed by atoms with Gasteiger partial charge >= 0.3 is 0 Å². The van der Waals surface area contributed by atoms with Crippen LogP contribution in [0.3, 0.4) is 0 Å². The molecule has 0 spiro atoms. The number of halogens is 1. The number of piperidine rings is 1. The number of nitrogens with zero attached hydrogens (tertiary/aromatic N) is 8. The monoisotopic (exact) mass is 773 g/mol. The Kier molecular flexibility index (Phi) is 9.66. The van der Waals surface area contributed by atoms with Crippen LogP contribution in [-0.4, -0.2) is 109 Å². The molecule has 16 heteroatoms. The molecule has 4 aliphatic heterocycles. The number of hydrogen-bond donors (Lipinski definition) is 3.